The molecule has 200 valence electrons. The van der Waals surface area contributed by atoms with E-state index in [4.69, 9.17) is 26.7 Å². The van der Waals surface area contributed by atoms with E-state index in [0.717, 1.165) is 77.6 Å². The Morgan fingerprint density at radius 2 is 1.92 bits per heavy atom. The zero-order chi connectivity index (χ0) is 26.8. The number of fused-ring (bicyclic) bond motifs is 2. The van der Waals surface area contributed by atoms with E-state index in [1.807, 2.05) is 11.7 Å². The van der Waals surface area contributed by atoms with Gasteiger partial charge in [-0.05, 0) is 42.7 Å². The van der Waals surface area contributed by atoms with Crippen LogP contribution in [0.3, 0.4) is 0 Å². The summed E-state index contributed by atoms with van der Waals surface area (Å²) in [6.07, 6.45) is 5.32. The van der Waals surface area contributed by atoms with Crippen molar-refractivity contribution in [3.05, 3.63) is 51.9 Å². The second-order valence-corrected chi connectivity index (χ2v) is 12.5. The van der Waals surface area contributed by atoms with Crippen molar-refractivity contribution in [2.24, 2.45) is 12.5 Å². The summed E-state index contributed by atoms with van der Waals surface area (Å²) < 4.78 is 1.94. The van der Waals surface area contributed by atoms with E-state index < -0.39 is 0 Å². The van der Waals surface area contributed by atoms with Gasteiger partial charge in [0.25, 0.3) is 0 Å². The van der Waals surface area contributed by atoms with Crippen LogP contribution in [0, 0.1) is 12.3 Å². The summed E-state index contributed by atoms with van der Waals surface area (Å²) in [5, 5.41) is 6.73. The predicted molar refractivity (Wildman–Crippen MR) is 156 cm³/mol. The lowest BCUT2D eigenvalue weighted by atomic mass is 9.84. The summed E-state index contributed by atoms with van der Waals surface area (Å²) in [5.74, 6) is 3.17. The van der Waals surface area contributed by atoms with Crippen molar-refractivity contribution in [2.45, 2.75) is 66.3 Å². The number of nitrogens with zero attached hydrogens (tertiary/aromatic N) is 6. The molecule has 0 atom stereocenters. The average molecular weight is 532 g/mol. The average Bonchev–Trinajstić information content (AvgIpc) is 3.41. The van der Waals surface area contributed by atoms with E-state index in [0.29, 0.717) is 0 Å². The third-order valence-corrected chi connectivity index (χ3v) is 8.58. The van der Waals surface area contributed by atoms with Gasteiger partial charge in [-0.15, -0.1) is 0 Å². The molecule has 0 bridgehead atoms. The lowest BCUT2D eigenvalue weighted by Gasteiger charge is -2.41. The molecule has 0 radical (unpaired) electrons. The van der Waals surface area contributed by atoms with Gasteiger partial charge in [-0.1, -0.05) is 51.4 Å². The summed E-state index contributed by atoms with van der Waals surface area (Å²) in [7, 11) is 2.00. The molecular weight excluding hydrogens is 494 g/mol. The lowest BCUT2D eigenvalue weighted by molar-refractivity contribution is 0.291. The monoisotopic (exact) mass is 531 g/mol. The van der Waals surface area contributed by atoms with E-state index in [-0.39, 0.29) is 11.3 Å². The number of rotatable bonds is 4. The Kier molecular flexibility index (Phi) is 6.17. The molecule has 2 aliphatic rings. The van der Waals surface area contributed by atoms with Crippen molar-refractivity contribution in [1.29, 1.82) is 0 Å². The van der Waals surface area contributed by atoms with Crippen LogP contribution in [0.5, 0.6) is 0 Å². The van der Waals surface area contributed by atoms with Crippen LogP contribution in [0.2, 0.25) is 5.02 Å². The molecule has 5 heterocycles. The predicted octanol–water partition coefficient (Wildman–Crippen LogP) is 6.63. The smallest absolute Gasteiger partial charge is 0.162 e. The lowest BCUT2D eigenvalue weighted by Crippen LogP contribution is -2.42. The number of hydrogen-bond donors (Lipinski definition) is 1. The van der Waals surface area contributed by atoms with Gasteiger partial charge in [-0.25, -0.2) is 9.97 Å². The van der Waals surface area contributed by atoms with E-state index in [2.05, 4.69) is 73.8 Å². The molecule has 8 heteroatoms. The number of anilines is 2. The summed E-state index contributed by atoms with van der Waals surface area (Å²) in [4.78, 5) is 18.8. The molecule has 0 aliphatic carbocycles. The standard InChI is InChI=1S/C30H38ClN7/c1-18(2)26-25(31)29(36(6)35-26)37-14-11-22-21(16-37)28(38-13-8-12-30(4,5)17-38)34-27(33-22)20-9-7-10-23-24(20)19(3)15-32-23/h7,9-10,15,18,32H,8,11-14,16-17H2,1-6H3. The number of halogens is 1. The minimum atomic E-state index is 0.249. The first-order valence-electron chi connectivity index (χ1n) is 13.8. The van der Waals surface area contributed by atoms with Crippen LogP contribution in [0.4, 0.5) is 11.6 Å². The van der Waals surface area contributed by atoms with Crippen LogP contribution in [-0.4, -0.2) is 44.4 Å². The highest BCUT2D eigenvalue weighted by Crippen LogP contribution is 2.40. The highest BCUT2D eigenvalue weighted by molar-refractivity contribution is 6.33. The molecule has 2 aliphatic heterocycles. The van der Waals surface area contributed by atoms with Gasteiger partial charge in [0.2, 0.25) is 0 Å². The van der Waals surface area contributed by atoms with E-state index in [9.17, 15) is 0 Å². The van der Waals surface area contributed by atoms with Crippen LogP contribution >= 0.6 is 11.6 Å². The minimum Gasteiger partial charge on any atom is -0.361 e. The maximum absolute atomic E-state index is 6.91. The zero-order valence-corrected chi connectivity index (χ0v) is 24.2. The van der Waals surface area contributed by atoms with Gasteiger partial charge < -0.3 is 14.8 Å². The molecule has 0 unspecified atom stereocenters. The van der Waals surface area contributed by atoms with Crippen molar-refractivity contribution >= 4 is 34.1 Å². The van der Waals surface area contributed by atoms with Gasteiger partial charge in [0.15, 0.2) is 5.82 Å². The van der Waals surface area contributed by atoms with Crippen LogP contribution < -0.4 is 9.80 Å². The van der Waals surface area contributed by atoms with Gasteiger partial charge in [-0.2, -0.15) is 5.10 Å². The molecule has 7 nitrogen and oxygen atoms in total. The number of piperidine rings is 1. The van der Waals surface area contributed by atoms with Gasteiger partial charge in [0.1, 0.15) is 16.7 Å². The molecular formula is C30H38ClN7. The number of aromatic nitrogens is 5. The van der Waals surface area contributed by atoms with Crippen LogP contribution in [0.1, 0.15) is 69.0 Å². The number of aryl methyl sites for hydroxylation is 2. The van der Waals surface area contributed by atoms with Gasteiger partial charge in [-0.3, -0.25) is 4.68 Å². The van der Waals surface area contributed by atoms with Gasteiger partial charge in [0, 0.05) is 67.9 Å². The number of hydrogen-bond acceptors (Lipinski definition) is 5. The van der Waals surface area contributed by atoms with Crippen molar-refractivity contribution < 1.29 is 0 Å². The first kappa shape index (κ1) is 25.2. The molecule has 1 saturated heterocycles. The maximum atomic E-state index is 6.91. The fourth-order valence-electron chi connectivity index (χ4n) is 6.33. The van der Waals surface area contributed by atoms with Crippen LogP contribution in [-0.2, 0) is 20.0 Å². The molecule has 1 aromatic carbocycles. The van der Waals surface area contributed by atoms with E-state index >= 15 is 0 Å². The second kappa shape index (κ2) is 9.30. The van der Waals surface area contributed by atoms with Crippen molar-refractivity contribution in [3.63, 3.8) is 0 Å². The Morgan fingerprint density at radius 3 is 2.66 bits per heavy atom. The first-order valence-corrected chi connectivity index (χ1v) is 14.2. The Labute approximate surface area is 230 Å². The fraction of sp³-hybridized carbons (Fsp3) is 0.500. The van der Waals surface area contributed by atoms with Gasteiger partial charge >= 0.3 is 0 Å². The molecule has 4 aromatic rings. The van der Waals surface area contributed by atoms with Crippen molar-refractivity contribution in [1.82, 2.24) is 24.7 Å². The van der Waals surface area contributed by atoms with Crippen molar-refractivity contribution in [2.75, 3.05) is 29.4 Å². The molecule has 0 amide bonds. The third-order valence-electron chi connectivity index (χ3n) is 8.21. The van der Waals surface area contributed by atoms with Crippen LogP contribution in [0.25, 0.3) is 22.3 Å². The second-order valence-electron chi connectivity index (χ2n) is 12.2. The number of aromatic amines is 1. The molecule has 6 rings (SSSR count). The molecule has 1 N–H and O–H groups in total. The fourth-order valence-corrected chi connectivity index (χ4v) is 6.83. The topological polar surface area (TPSA) is 65.9 Å². The zero-order valence-electron chi connectivity index (χ0n) is 23.4. The Bertz CT molecular complexity index is 1510. The van der Waals surface area contributed by atoms with Crippen LogP contribution in [0.15, 0.2) is 24.4 Å². The summed E-state index contributed by atoms with van der Waals surface area (Å²) >= 11 is 6.91. The molecule has 1 fully saturated rings. The number of nitrogens with one attached hydrogen (secondary N) is 1. The SMILES string of the molecule is Cc1c[nH]c2cccc(-c3nc4c(c(N5CCCC(C)(C)C5)n3)CN(c3c(Cl)c(C(C)C)nn3C)CC4)c12. The largest absolute Gasteiger partial charge is 0.361 e. The summed E-state index contributed by atoms with van der Waals surface area (Å²) in [6, 6.07) is 6.38. The quantitative estimate of drug-likeness (QED) is 0.320. The maximum Gasteiger partial charge on any atom is 0.162 e. The Balaban J connectivity index is 1.48. The van der Waals surface area contributed by atoms with E-state index in [1.54, 1.807) is 0 Å². The Morgan fingerprint density at radius 1 is 1.11 bits per heavy atom. The normalized spacial score (nSPS) is 17.5. The summed E-state index contributed by atoms with van der Waals surface area (Å²) in [6.45, 7) is 14.8. The third kappa shape index (κ3) is 4.25. The number of H-pyrrole nitrogens is 1. The molecule has 38 heavy (non-hydrogen) atoms. The minimum absolute atomic E-state index is 0.249. The molecule has 0 saturated carbocycles. The molecule has 3 aromatic heterocycles. The highest BCUT2D eigenvalue weighted by atomic mass is 35.5. The molecule has 0 spiro atoms. The van der Waals surface area contributed by atoms with Crippen molar-refractivity contribution in [3.8, 4) is 11.4 Å². The number of benzene rings is 1. The first-order chi connectivity index (χ1) is 18.1. The highest BCUT2D eigenvalue weighted by Gasteiger charge is 2.33. The Hall–Kier alpha value is -3.06. The van der Waals surface area contributed by atoms with E-state index in [1.165, 1.54) is 29.4 Å². The van der Waals surface area contributed by atoms with Gasteiger partial charge in [0.05, 0.1) is 11.4 Å². The summed E-state index contributed by atoms with van der Waals surface area (Å²) in [5.41, 5.74) is 7.01.